The highest BCUT2D eigenvalue weighted by atomic mass is 32.2. The Hall–Kier alpha value is -3.60. The zero-order chi connectivity index (χ0) is 40.1. The summed E-state index contributed by atoms with van der Waals surface area (Å²) in [6, 6.07) is 7.67. The molecule has 2 aromatic rings. The predicted molar refractivity (Wildman–Crippen MR) is 213 cm³/mol. The number of nitrogens with zero attached hydrogens (tertiary/aromatic N) is 3. The molecular weight excluding hydrogens is 733 g/mol. The number of hydrogen-bond acceptors (Lipinski definition) is 10. The maximum Gasteiger partial charge on any atom is 0.414 e. The second kappa shape index (κ2) is 17.5. The van der Waals surface area contributed by atoms with Crippen LogP contribution in [0.5, 0.6) is 0 Å². The molecule has 13 nitrogen and oxygen atoms in total. The van der Waals surface area contributed by atoms with Gasteiger partial charge in [-0.15, -0.1) is 0 Å². The normalized spacial score (nSPS) is 18.6. The van der Waals surface area contributed by atoms with Gasteiger partial charge in [-0.3, -0.25) is 9.69 Å². The van der Waals surface area contributed by atoms with Gasteiger partial charge < -0.3 is 19.5 Å². The Balaban J connectivity index is 0.000000258. The Morgan fingerprint density at radius 1 is 0.796 bits per heavy atom. The number of nitrogens with one attached hydrogen (secondary N) is 1. The molecule has 3 aliphatic heterocycles. The highest BCUT2D eigenvalue weighted by molar-refractivity contribution is 7.92. The van der Waals surface area contributed by atoms with Crippen LogP contribution in [0.1, 0.15) is 79.8 Å². The van der Waals surface area contributed by atoms with Crippen LogP contribution in [0.15, 0.2) is 35.1 Å². The minimum Gasteiger partial charge on any atom is -0.443 e. The smallest absolute Gasteiger partial charge is 0.414 e. The molecule has 54 heavy (non-hydrogen) atoms. The van der Waals surface area contributed by atoms with Gasteiger partial charge in [0.25, 0.3) is 0 Å². The van der Waals surface area contributed by atoms with E-state index in [-0.39, 0.29) is 18.9 Å². The SMILES string of the molecule is CNc1cc(C)c(/C=C/S(=O)(=O)N2CCC(=O)CC2)c(C)c1.Cc1cc(N(C)C(=O)OC(C)(C)C)cc(C)c1/C=C/S(=O)(=O)N1CCC2(CC1)OCCO2. The van der Waals surface area contributed by atoms with Gasteiger partial charge in [0.15, 0.2) is 5.79 Å². The lowest BCUT2D eigenvalue weighted by molar-refractivity contribution is -0.179. The molecule has 0 aliphatic carbocycles. The Bertz CT molecular complexity index is 1910. The van der Waals surface area contributed by atoms with Gasteiger partial charge in [-0.05, 0) is 118 Å². The first-order chi connectivity index (χ1) is 25.1. The molecule has 1 spiro atoms. The number of carbonyl (C=O) groups is 2. The molecule has 298 valence electrons. The molecule has 0 bridgehead atoms. The quantitative estimate of drug-likeness (QED) is 0.331. The lowest BCUT2D eigenvalue weighted by Crippen LogP contribution is -2.46. The van der Waals surface area contributed by atoms with E-state index in [1.165, 1.54) is 24.3 Å². The number of aryl methyl sites for hydroxylation is 4. The summed E-state index contributed by atoms with van der Waals surface area (Å²) in [5.74, 6) is -0.483. The van der Waals surface area contributed by atoms with Crippen molar-refractivity contribution in [1.82, 2.24) is 8.61 Å². The van der Waals surface area contributed by atoms with Crippen LogP contribution in [0, 0.1) is 27.7 Å². The first kappa shape index (κ1) is 43.1. The molecule has 0 radical (unpaired) electrons. The first-order valence-corrected chi connectivity index (χ1v) is 21.2. The summed E-state index contributed by atoms with van der Waals surface area (Å²) < 4.78 is 70.0. The van der Waals surface area contributed by atoms with Gasteiger partial charge >= 0.3 is 6.09 Å². The molecule has 3 fully saturated rings. The zero-order valence-corrected chi connectivity index (χ0v) is 34.7. The highest BCUT2D eigenvalue weighted by Gasteiger charge is 2.42. The summed E-state index contributed by atoms with van der Waals surface area (Å²) in [5.41, 5.74) is 6.60. The molecule has 1 N–H and O–H groups in total. The molecule has 0 aromatic heterocycles. The van der Waals surface area contributed by atoms with Crippen LogP contribution < -0.4 is 10.2 Å². The molecule has 0 unspecified atom stereocenters. The van der Waals surface area contributed by atoms with Gasteiger partial charge in [-0.25, -0.2) is 21.6 Å². The van der Waals surface area contributed by atoms with Crippen molar-refractivity contribution >= 4 is 55.4 Å². The van der Waals surface area contributed by atoms with Crippen molar-refractivity contribution in [1.29, 1.82) is 0 Å². The molecule has 0 atom stereocenters. The number of benzene rings is 2. The molecule has 15 heteroatoms. The van der Waals surface area contributed by atoms with Gasteiger partial charge in [0, 0.05) is 88.1 Å². The van der Waals surface area contributed by atoms with E-state index in [9.17, 15) is 26.4 Å². The van der Waals surface area contributed by atoms with E-state index in [1.54, 1.807) is 19.2 Å². The average molecular weight is 789 g/mol. The molecule has 3 aliphatic rings. The number of amides is 1. The van der Waals surface area contributed by atoms with Crippen molar-refractivity contribution < 1.29 is 40.6 Å². The molecule has 0 saturated carbocycles. The maximum absolute atomic E-state index is 12.9. The van der Waals surface area contributed by atoms with E-state index in [2.05, 4.69) is 5.32 Å². The van der Waals surface area contributed by atoms with Crippen molar-refractivity contribution in [2.45, 2.75) is 85.5 Å². The van der Waals surface area contributed by atoms with Crippen LogP contribution in [0.2, 0.25) is 0 Å². The maximum atomic E-state index is 12.9. The second-order valence-electron chi connectivity index (χ2n) is 14.9. The number of ether oxygens (including phenoxy) is 3. The number of rotatable bonds is 8. The topological polar surface area (TPSA) is 152 Å². The lowest BCUT2D eigenvalue weighted by Gasteiger charge is -2.36. The van der Waals surface area contributed by atoms with Crippen molar-refractivity contribution in [3.63, 3.8) is 0 Å². The zero-order valence-electron chi connectivity index (χ0n) is 33.0. The van der Waals surface area contributed by atoms with Gasteiger partial charge in [0.1, 0.15) is 11.4 Å². The van der Waals surface area contributed by atoms with E-state index in [4.69, 9.17) is 14.2 Å². The van der Waals surface area contributed by atoms with Crippen LogP contribution in [0.3, 0.4) is 0 Å². The summed E-state index contributed by atoms with van der Waals surface area (Å²) >= 11 is 0. The molecule has 3 saturated heterocycles. The standard InChI is InChI=1S/C23H34N2O6S.C16H22N2O3S/c1-17-15-19(24(6)21(26)31-22(3,4)5)16-18(2)20(17)7-14-32(27,28)25-10-8-23(9-11-25)29-12-13-30-23;1-12-10-14(17-3)11-13(2)16(12)6-9-22(20,21)18-7-4-15(19)5-8-18/h7,14-16H,8-13H2,1-6H3;6,9-11,17H,4-5,7-8H2,1-3H3/b14-7+;9-6+. The Kier molecular flexibility index (Phi) is 14.0. The highest BCUT2D eigenvalue weighted by Crippen LogP contribution is 2.33. The summed E-state index contributed by atoms with van der Waals surface area (Å²) in [4.78, 5) is 25.0. The molecule has 3 heterocycles. The Morgan fingerprint density at radius 3 is 1.65 bits per heavy atom. The first-order valence-electron chi connectivity index (χ1n) is 18.2. The van der Waals surface area contributed by atoms with Gasteiger partial charge in [0.2, 0.25) is 20.0 Å². The van der Waals surface area contributed by atoms with Crippen LogP contribution in [-0.2, 0) is 39.1 Å². The van der Waals surface area contributed by atoms with Crippen molar-refractivity contribution in [2.75, 3.05) is 63.7 Å². The van der Waals surface area contributed by atoms with E-state index in [0.717, 1.165) is 39.1 Å². The largest absolute Gasteiger partial charge is 0.443 e. The number of sulfonamides is 2. The fraction of sp³-hybridized carbons (Fsp3) is 0.538. The van der Waals surface area contributed by atoms with Crippen LogP contribution in [0.25, 0.3) is 12.2 Å². The van der Waals surface area contributed by atoms with Gasteiger partial charge in [-0.2, -0.15) is 8.61 Å². The Labute approximate surface area is 321 Å². The van der Waals surface area contributed by atoms with Crippen molar-refractivity contribution in [2.24, 2.45) is 0 Å². The number of anilines is 2. The number of Topliss-reactive ketones (excluding diaryl/α,β-unsaturated/α-hetero) is 1. The third-order valence-corrected chi connectivity index (χ3v) is 12.8. The van der Waals surface area contributed by atoms with Crippen LogP contribution in [0.4, 0.5) is 16.2 Å². The van der Waals surface area contributed by atoms with E-state index >= 15 is 0 Å². The summed E-state index contributed by atoms with van der Waals surface area (Å²) in [6.07, 6.45) is 4.51. The van der Waals surface area contributed by atoms with Crippen LogP contribution >= 0.6 is 0 Å². The second-order valence-corrected chi connectivity index (χ2v) is 18.6. The van der Waals surface area contributed by atoms with Gasteiger partial charge in [0.05, 0.1) is 13.2 Å². The summed E-state index contributed by atoms with van der Waals surface area (Å²) in [7, 11) is -3.52. The third kappa shape index (κ3) is 11.2. The van der Waals surface area contributed by atoms with Crippen molar-refractivity contribution in [3.05, 3.63) is 68.5 Å². The van der Waals surface area contributed by atoms with E-state index in [1.807, 2.05) is 79.8 Å². The number of hydrogen-bond donors (Lipinski definition) is 1. The van der Waals surface area contributed by atoms with Crippen molar-refractivity contribution in [3.8, 4) is 0 Å². The summed E-state index contributed by atoms with van der Waals surface area (Å²) in [6.45, 7) is 15.6. The number of ketones is 1. The Morgan fingerprint density at radius 2 is 1.22 bits per heavy atom. The number of piperidine rings is 2. The fourth-order valence-electron chi connectivity index (χ4n) is 6.56. The number of carbonyl (C=O) groups excluding carboxylic acids is 2. The molecule has 1 amide bonds. The fourth-order valence-corrected chi connectivity index (χ4v) is 8.91. The lowest BCUT2D eigenvalue weighted by atomic mass is 10.0. The molecule has 2 aromatic carbocycles. The minimum absolute atomic E-state index is 0.129. The molecule has 5 rings (SSSR count). The van der Waals surface area contributed by atoms with E-state index in [0.29, 0.717) is 57.7 Å². The molecular formula is C39H56N4O9S2. The predicted octanol–water partition coefficient (Wildman–Crippen LogP) is 6.12. The third-order valence-electron chi connectivity index (χ3n) is 9.63. The minimum atomic E-state index is -3.56. The summed E-state index contributed by atoms with van der Waals surface area (Å²) in [5, 5.41) is 5.59. The van der Waals surface area contributed by atoms with Crippen LogP contribution in [-0.4, -0.2) is 102 Å². The monoisotopic (exact) mass is 788 g/mol. The van der Waals surface area contributed by atoms with E-state index < -0.39 is 37.5 Å². The van der Waals surface area contributed by atoms with Gasteiger partial charge in [-0.1, -0.05) is 0 Å². The average Bonchev–Trinajstić information content (AvgIpc) is 3.54.